The summed E-state index contributed by atoms with van der Waals surface area (Å²) in [5.74, 6) is 1.15. The summed E-state index contributed by atoms with van der Waals surface area (Å²) in [6, 6.07) is 13.3. The van der Waals surface area contributed by atoms with Crippen LogP contribution in [0.15, 0.2) is 42.6 Å². The lowest BCUT2D eigenvalue weighted by atomic mass is 9.95. The number of pyridine rings is 1. The van der Waals surface area contributed by atoms with Crippen LogP contribution in [0.4, 0.5) is 5.82 Å². The molecule has 1 N–H and O–H groups in total. The first-order valence-electron chi connectivity index (χ1n) is 9.04. The predicted molar refractivity (Wildman–Crippen MR) is 101 cm³/mol. The average molecular weight is 319 g/mol. The van der Waals surface area contributed by atoms with Crippen LogP contribution in [0.5, 0.6) is 0 Å². The third kappa shape index (κ3) is 2.68. The number of imidazole rings is 1. The molecule has 0 unspecified atom stereocenters. The molecular weight excluding hydrogens is 294 g/mol. The second kappa shape index (κ2) is 6.31. The van der Waals surface area contributed by atoms with Gasteiger partial charge in [0, 0.05) is 17.8 Å². The van der Waals surface area contributed by atoms with Crippen LogP contribution < -0.4 is 5.32 Å². The van der Waals surface area contributed by atoms with Crippen LogP contribution in [-0.2, 0) is 0 Å². The molecule has 0 aliphatic heterocycles. The zero-order valence-electron chi connectivity index (χ0n) is 14.5. The zero-order valence-corrected chi connectivity index (χ0v) is 14.5. The lowest BCUT2D eigenvalue weighted by Crippen LogP contribution is -2.23. The normalized spacial score (nSPS) is 15.8. The first-order valence-corrected chi connectivity index (χ1v) is 9.04. The molecule has 3 heteroatoms. The molecule has 2 heterocycles. The maximum Gasteiger partial charge on any atom is 0.142 e. The average Bonchev–Trinajstić information content (AvgIpc) is 2.96. The van der Waals surface area contributed by atoms with E-state index < -0.39 is 0 Å². The van der Waals surface area contributed by atoms with Gasteiger partial charge in [-0.15, -0.1) is 0 Å². The van der Waals surface area contributed by atoms with E-state index in [9.17, 15) is 0 Å². The molecule has 0 radical (unpaired) electrons. The fourth-order valence-corrected chi connectivity index (χ4v) is 3.81. The van der Waals surface area contributed by atoms with E-state index in [-0.39, 0.29) is 0 Å². The van der Waals surface area contributed by atoms with E-state index in [1.807, 2.05) is 0 Å². The van der Waals surface area contributed by atoms with Crippen molar-refractivity contribution in [3.8, 4) is 11.3 Å². The van der Waals surface area contributed by atoms with E-state index >= 15 is 0 Å². The standard InChI is InChI=1S/C21H25N3/c1-15-9-6-7-13-18(15)19-21(22-17-11-4-3-5-12-17)24-14-8-10-16(2)20(24)23-19/h6-10,13-14,17,22H,3-5,11-12H2,1-2H3. The molecule has 1 saturated carbocycles. The van der Waals surface area contributed by atoms with E-state index in [4.69, 9.17) is 4.98 Å². The monoisotopic (exact) mass is 319 g/mol. The first kappa shape index (κ1) is 15.3. The Labute approximate surface area is 143 Å². The minimum atomic E-state index is 0.557. The quantitative estimate of drug-likeness (QED) is 0.704. The topological polar surface area (TPSA) is 29.3 Å². The summed E-state index contributed by atoms with van der Waals surface area (Å²) < 4.78 is 2.23. The molecule has 124 valence electrons. The van der Waals surface area contributed by atoms with Gasteiger partial charge >= 0.3 is 0 Å². The molecule has 3 aromatic rings. The first-order chi connectivity index (χ1) is 11.7. The Hall–Kier alpha value is -2.29. The highest BCUT2D eigenvalue weighted by Crippen LogP contribution is 2.33. The van der Waals surface area contributed by atoms with Gasteiger partial charge in [0.1, 0.15) is 17.2 Å². The maximum atomic E-state index is 5.01. The number of rotatable bonds is 3. The van der Waals surface area contributed by atoms with E-state index in [0.29, 0.717) is 6.04 Å². The molecular formula is C21H25N3. The number of nitrogens with zero attached hydrogens (tertiary/aromatic N) is 2. The van der Waals surface area contributed by atoms with Gasteiger partial charge in [-0.05, 0) is 43.9 Å². The maximum absolute atomic E-state index is 5.01. The van der Waals surface area contributed by atoms with Gasteiger partial charge in [0.2, 0.25) is 0 Å². The van der Waals surface area contributed by atoms with Crippen molar-refractivity contribution >= 4 is 11.5 Å². The molecule has 1 fully saturated rings. The zero-order chi connectivity index (χ0) is 16.5. The Bertz CT molecular complexity index is 857. The molecule has 2 aromatic heterocycles. The van der Waals surface area contributed by atoms with Crippen molar-refractivity contribution in [2.24, 2.45) is 0 Å². The molecule has 24 heavy (non-hydrogen) atoms. The summed E-state index contributed by atoms with van der Waals surface area (Å²) in [5.41, 5.74) is 5.83. The van der Waals surface area contributed by atoms with Gasteiger partial charge < -0.3 is 5.32 Å². The molecule has 0 atom stereocenters. The fraction of sp³-hybridized carbons (Fsp3) is 0.381. The Morgan fingerprint density at radius 3 is 2.50 bits per heavy atom. The van der Waals surface area contributed by atoms with Gasteiger partial charge in [0.05, 0.1) is 0 Å². The van der Waals surface area contributed by atoms with E-state index in [1.165, 1.54) is 48.8 Å². The summed E-state index contributed by atoms with van der Waals surface area (Å²) in [6.45, 7) is 4.30. The van der Waals surface area contributed by atoms with Crippen molar-refractivity contribution in [3.05, 3.63) is 53.7 Å². The molecule has 3 nitrogen and oxygen atoms in total. The Balaban J connectivity index is 1.86. The van der Waals surface area contributed by atoms with Gasteiger partial charge in [-0.2, -0.15) is 0 Å². The summed E-state index contributed by atoms with van der Waals surface area (Å²) in [6.07, 6.45) is 8.66. The van der Waals surface area contributed by atoms with Gasteiger partial charge in [-0.1, -0.05) is 49.6 Å². The predicted octanol–water partition coefficient (Wildman–Crippen LogP) is 5.36. The molecule has 0 amide bonds. The molecule has 0 bridgehead atoms. The number of anilines is 1. The summed E-state index contributed by atoms with van der Waals surface area (Å²) in [4.78, 5) is 5.01. The van der Waals surface area contributed by atoms with Crippen molar-refractivity contribution < 1.29 is 0 Å². The van der Waals surface area contributed by atoms with Crippen LogP contribution in [0.2, 0.25) is 0 Å². The molecule has 1 aromatic carbocycles. The highest BCUT2D eigenvalue weighted by Gasteiger charge is 2.20. The molecule has 1 aliphatic carbocycles. The van der Waals surface area contributed by atoms with Gasteiger partial charge in [0.25, 0.3) is 0 Å². The summed E-state index contributed by atoms with van der Waals surface area (Å²) >= 11 is 0. The number of hydrogen-bond donors (Lipinski definition) is 1. The number of aromatic nitrogens is 2. The van der Waals surface area contributed by atoms with Gasteiger partial charge in [-0.3, -0.25) is 4.40 Å². The summed E-state index contributed by atoms with van der Waals surface area (Å²) in [7, 11) is 0. The molecule has 4 rings (SSSR count). The van der Waals surface area contributed by atoms with Gasteiger partial charge in [-0.25, -0.2) is 4.98 Å². The fourth-order valence-electron chi connectivity index (χ4n) is 3.81. The smallest absolute Gasteiger partial charge is 0.142 e. The van der Waals surface area contributed by atoms with Crippen LogP contribution in [0.1, 0.15) is 43.2 Å². The molecule has 1 aliphatic rings. The Kier molecular flexibility index (Phi) is 4.01. The number of benzene rings is 1. The lowest BCUT2D eigenvalue weighted by Gasteiger charge is -2.24. The minimum Gasteiger partial charge on any atom is -0.367 e. The van der Waals surface area contributed by atoms with E-state index in [0.717, 1.165) is 17.2 Å². The third-order valence-corrected chi connectivity index (χ3v) is 5.19. The van der Waals surface area contributed by atoms with Crippen molar-refractivity contribution in [1.29, 1.82) is 0 Å². The van der Waals surface area contributed by atoms with Crippen molar-refractivity contribution in [2.75, 3.05) is 5.32 Å². The minimum absolute atomic E-state index is 0.557. The highest BCUT2D eigenvalue weighted by molar-refractivity contribution is 5.79. The Morgan fingerprint density at radius 2 is 1.71 bits per heavy atom. The molecule has 0 saturated heterocycles. The summed E-state index contributed by atoms with van der Waals surface area (Å²) in [5, 5.41) is 3.83. The van der Waals surface area contributed by atoms with Crippen LogP contribution in [0, 0.1) is 13.8 Å². The van der Waals surface area contributed by atoms with Crippen molar-refractivity contribution in [2.45, 2.75) is 52.0 Å². The van der Waals surface area contributed by atoms with Gasteiger partial charge in [0.15, 0.2) is 0 Å². The number of aryl methyl sites for hydroxylation is 2. The third-order valence-electron chi connectivity index (χ3n) is 5.19. The number of fused-ring (bicyclic) bond motifs is 1. The van der Waals surface area contributed by atoms with E-state index in [1.54, 1.807) is 0 Å². The van der Waals surface area contributed by atoms with E-state index in [2.05, 4.69) is 66.2 Å². The second-order valence-electron chi connectivity index (χ2n) is 6.99. The van der Waals surface area contributed by atoms with Crippen molar-refractivity contribution in [1.82, 2.24) is 9.38 Å². The largest absolute Gasteiger partial charge is 0.367 e. The second-order valence-corrected chi connectivity index (χ2v) is 6.99. The van der Waals surface area contributed by atoms with Crippen molar-refractivity contribution in [3.63, 3.8) is 0 Å². The highest BCUT2D eigenvalue weighted by atomic mass is 15.1. The Morgan fingerprint density at radius 1 is 0.958 bits per heavy atom. The number of nitrogens with one attached hydrogen (secondary N) is 1. The molecule has 0 spiro atoms. The van der Waals surface area contributed by atoms with Crippen LogP contribution in [-0.4, -0.2) is 15.4 Å². The number of hydrogen-bond acceptors (Lipinski definition) is 2. The van der Waals surface area contributed by atoms with Crippen LogP contribution in [0.25, 0.3) is 16.9 Å². The lowest BCUT2D eigenvalue weighted by molar-refractivity contribution is 0.462. The SMILES string of the molecule is Cc1ccccc1-c1nc2c(C)cccn2c1NC1CCCCC1. The van der Waals surface area contributed by atoms with Crippen LogP contribution >= 0.6 is 0 Å². The van der Waals surface area contributed by atoms with Crippen LogP contribution in [0.3, 0.4) is 0 Å².